The lowest BCUT2D eigenvalue weighted by molar-refractivity contribution is 1.06. The van der Waals surface area contributed by atoms with Gasteiger partial charge in [0.25, 0.3) is 0 Å². The van der Waals surface area contributed by atoms with Gasteiger partial charge < -0.3 is 4.57 Å². The van der Waals surface area contributed by atoms with E-state index in [0.29, 0.717) is 5.56 Å². The van der Waals surface area contributed by atoms with Crippen LogP contribution in [0.4, 0.5) is 0 Å². The minimum atomic E-state index is 0.659. The highest BCUT2D eigenvalue weighted by molar-refractivity contribution is 5.40. The molecule has 3 nitrogen and oxygen atoms in total. The van der Waals surface area contributed by atoms with Crippen LogP contribution in [-0.4, -0.2) is 9.55 Å². The highest BCUT2D eigenvalue weighted by atomic mass is 15.0. The standard InChI is InChI=1S/C10H7N3.C2H6/c11-7-9-2-1-3-10(6-9)13-5-4-12-8-13;1-2/h1-6,8H;1-2H3. The third-order valence-electron chi connectivity index (χ3n) is 1.78. The van der Waals surface area contributed by atoms with Crippen molar-refractivity contribution >= 4 is 0 Å². The van der Waals surface area contributed by atoms with Crippen molar-refractivity contribution in [3.05, 3.63) is 48.5 Å². The summed E-state index contributed by atoms with van der Waals surface area (Å²) in [4.78, 5) is 3.93. The number of benzene rings is 1. The number of imidazole rings is 1. The zero-order chi connectivity index (χ0) is 11.1. The molecule has 0 aliphatic carbocycles. The van der Waals surface area contributed by atoms with Crippen molar-refractivity contribution in [1.29, 1.82) is 5.26 Å². The molecule has 0 aliphatic heterocycles. The van der Waals surface area contributed by atoms with Gasteiger partial charge >= 0.3 is 0 Å². The van der Waals surface area contributed by atoms with Crippen molar-refractivity contribution in [3.63, 3.8) is 0 Å². The van der Waals surface area contributed by atoms with Gasteiger partial charge in [-0.15, -0.1) is 0 Å². The summed E-state index contributed by atoms with van der Waals surface area (Å²) in [6.07, 6.45) is 5.26. The fraction of sp³-hybridized carbons (Fsp3) is 0.167. The minimum Gasteiger partial charge on any atom is -0.306 e. The topological polar surface area (TPSA) is 41.6 Å². The molecule has 1 aromatic carbocycles. The molecule has 0 radical (unpaired) electrons. The average molecular weight is 199 g/mol. The van der Waals surface area contributed by atoms with Crippen LogP contribution in [-0.2, 0) is 0 Å². The predicted molar refractivity (Wildman–Crippen MR) is 59.6 cm³/mol. The second-order valence-corrected chi connectivity index (χ2v) is 2.63. The van der Waals surface area contributed by atoms with E-state index in [0.717, 1.165) is 5.69 Å². The van der Waals surface area contributed by atoms with Crippen LogP contribution in [0.15, 0.2) is 43.0 Å². The van der Waals surface area contributed by atoms with Gasteiger partial charge in [0.2, 0.25) is 0 Å². The van der Waals surface area contributed by atoms with Gasteiger partial charge in [-0.05, 0) is 18.2 Å². The lowest BCUT2D eigenvalue weighted by Crippen LogP contribution is -1.89. The van der Waals surface area contributed by atoms with Gasteiger partial charge in [0.1, 0.15) is 0 Å². The Bertz CT molecular complexity index is 438. The number of aromatic nitrogens is 2. The third-order valence-corrected chi connectivity index (χ3v) is 1.78. The second-order valence-electron chi connectivity index (χ2n) is 2.63. The maximum Gasteiger partial charge on any atom is 0.0992 e. The largest absolute Gasteiger partial charge is 0.306 e. The van der Waals surface area contributed by atoms with Crippen molar-refractivity contribution in [2.45, 2.75) is 13.8 Å². The van der Waals surface area contributed by atoms with Crippen LogP contribution in [0.2, 0.25) is 0 Å². The van der Waals surface area contributed by atoms with E-state index in [2.05, 4.69) is 11.1 Å². The average Bonchev–Trinajstić information content (AvgIpc) is 2.85. The second kappa shape index (κ2) is 5.61. The summed E-state index contributed by atoms with van der Waals surface area (Å²) < 4.78 is 1.86. The molecule has 0 unspecified atom stereocenters. The first-order valence-corrected chi connectivity index (χ1v) is 4.88. The highest BCUT2D eigenvalue weighted by Crippen LogP contribution is 2.08. The van der Waals surface area contributed by atoms with Crippen LogP contribution in [0, 0.1) is 11.3 Å². The third kappa shape index (κ3) is 2.68. The van der Waals surface area contributed by atoms with Gasteiger partial charge in [-0.3, -0.25) is 0 Å². The number of nitriles is 1. The molecule has 2 rings (SSSR count). The Balaban J connectivity index is 0.000000531. The Morgan fingerprint density at radius 1 is 1.33 bits per heavy atom. The SMILES string of the molecule is CC.N#Cc1cccc(-n2ccnc2)c1. The summed E-state index contributed by atoms with van der Waals surface area (Å²) in [5, 5.41) is 8.68. The number of rotatable bonds is 1. The summed E-state index contributed by atoms with van der Waals surface area (Å²) in [5.74, 6) is 0. The van der Waals surface area contributed by atoms with E-state index in [4.69, 9.17) is 5.26 Å². The molecule has 0 aliphatic rings. The maximum atomic E-state index is 8.68. The van der Waals surface area contributed by atoms with Gasteiger partial charge in [-0.2, -0.15) is 5.26 Å². The van der Waals surface area contributed by atoms with Crippen molar-refractivity contribution < 1.29 is 0 Å². The Kier molecular flexibility index (Phi) is 4.11. The zero-order valence-electron chi connectivity index (χ0n) is 8.88. The van der Waals surface area contributed by atoms with Crippen LogP contribution < -0.4 is 0 Å². The summed E-state index contributed by atoms with van der Waals surface area (Å²) in [6, 6.07) is 9.48. The molecule has 1 aromatic heterocycles. The van der Waals surface area contributed by atoms with E-state index in [1.807, 2.05) is 42.8 Å². The molecular weight excluding hydrogens is 186 g/mol. The van der Waals surface area contributed by atoms with Crippen molar-refractivity contribution in [3.8, 4) is 11.8 Å². The molecule has 0 atom stereocenters. The molecule has 15 heavy (non-hydrogen) atoms. The molecule has 0 fully saturated rings. The lowest BCUT2D eigenvalue weighted by Gasteiger charge is -2.00. The van der Waals surface area contributed by atoms with E-state index in [-0.39, 0.29) is 0 Å². The highest BCUT2D eigenvalue weighted by Gasteiger charge is 1.95. The molecule has 0 amide bonds. The Morgan fingerprint density at radius 3 is 2.73 bits per heavy atom. The van der Waals surface area contributed by atoms with Crippen LogP contribution in [0.1, 0.15) is 19.4 Å². The number of nitrogens with zero attached hydrogens (tertiary/aromatic N) is 3. The zero-order valence-corrected chi connectivity index (χ0v) is 8.88. The van der Waals surface area contributed by atoms with Crippen LogP contribution in [0.25, 0.3) is 5.69 Å². The van der Waals surface area contributed by atoms with Crippen molar-refractivity contribution in [1.82, 2.24) is 9.55 Å². The number of hydrogen-bond donors (Lipinski definition) is 0. The first-order chi connectivity index (χ1) is 7.40. The molecule has 0 bridgehead atoms. The Hall–Kier alpha value is -2.08. The minimum absolute atomic E-state index is 0.659. The van der Waals surface area contributed by atoms with E-state index < -0.39 is 0 Å². The van der Waals surface area contributed by atoms with Gasteiger partial charge in [-0.25, -0.2) is 4.98 Å². The summed E-state index contributed by atoms with van der Waals surface area (Å²) in [6.45, 7) is 4.00. The molecule has 0 N–H and O–H groups in total. The molecule has 1 heterocycles. The normalized spacial score (nSPS) is 8.60. The lowest BCUT2D eigenvalue weighted by atomic mass is 10.2. The molecule has 3 heteroatoms. The van der Waals surface area contributed by atoms with Gasteiger partial charge in [0.05, 0.1) is 18.0 Å². The first kappa shape index (κ1) is 11.0. The molecule has 0 saturated heterocycles. The summed E-state index contributed by atoms with van der Waals surface area (Å²) >= 11 is 0. The Morgan fingerprint density at radius 2 is 2.13 bits per heavy atom. The van der Waals surface area contributed by atoms with Crippen LogP contribution >= 0.6 is 0 Å². The fourth-order valence-corrected chi connectivity index (χ4v) is 1.15. The predicted octanol–water partition coefficient (Wildman–Crippen LogP) is 2.77. The monoisotopic (exact) mass is 199 g/mol. The number of hydrogen-bond acceptors (Lipinski definition) is 2. The maximum absolute atomic E-state index is 8.68. The fourth-order valence-electron chi connectivity index (χ4n) is 1.15. The molecule has 76 valence electrons. The summed E-state index contributed by atoms with van der Waals surface area (Å²) in [7, 11) is 0. The van der Waals surface area contributed by atoms with Gasteiger partial charge in [0.15, 0.2) is 0 Å². The first-order valence-electron chi connectivity index (χ1n) is 4.88. The smallest absolute Gasteiger partial charge is 0.0992 e. The van der Waals surface area contributed by atoms with Gasteiger partial charge in [0, 0.05) is 18.1 Å². The van der Waals surface area contributed by atoms with Crippen LogP contribution in [0.3, 0.4) is 0 Å². The van der Waals surface area contributed by atoms with Crippen molar-refractivity contribution in [2.24, 2.45) is 0 Å². The summed E-state index contributed by atoms with van der Waals surface area (Å²) in [5.41, 5.74) is 1.61. The molecule has 0 saturated carbocycles. The van der Waals surface area contributed by atoms with E-state index in [9.17, 15) is 0 Å². The van der Waals surface area contributed by atoms with E-state index in [1.165, 1.54) is 0 Å². The van der Waals surface area contributed by atoms with E-state index in [1.54, 1.807) is 18.6 Å². The molecule has 0 spiro atoms. The quantitative estimate of drug-likeness (QED) is 0.708. The van der Waals surface area contributed by atoms with Gasteiger partial charge in [-0.1, -0.05) is 19.9 Å². The Labute approximate surface area is 89.6 Å². The molecular formula is C12H13N3. The van der Waals surface area contributed by atoms with Crippen molar-refractivity contribution in [2.75, 3.05) is 0 Å². The molecule has 2 aromatic rings. The van der Waals surface area contributed by atoms with Crippen LogP contribution in [0.5, 0.6) is 0 Å². The van der Waals surface area contributed by atoms with E-state index >= 15 is 0 Å².